The lowest BCUT2D eigenvalue weighted by Crippen LogP contribution is -2.22. The summed E-state index contributed by atoms with van der Waals surface area (Å²) in [5.41, 5.74) is 8.29. The number of thiophene rings is 1. The predicted molar refractivity (Wildman–Crippen MR) is 92.0 cm³/mol. The number of hydrogen-bond acceptors (Lipinski definition) is 3. The summed E-state index contributed by atoms with van der Waals surface area (Å²) in [6.45, 7) is 2.65. The average molecular weight is 344 g/mol. The lowest BCUT2D eigenvalue weighted by Gasteiger charge is -2.16. The highest BCUT2D eigenvalue weighted by Gasteiger charge is 2.13. The van der Waals surface area contributed by atoms with E-state index in [1.54, 1.807) is 17.4 Å². The Labute approximate surface area is 139 Å². The second-order valence-corrected chi connectivity index (χ2v) is 6.60. The zero-order chi connectivity index (χ0) is 15.2. The van der Waals surface area contributed by atoms with Gasteiger partial charge < -0.3 is 10.5 Å². The highest BCUT2D eigenvalue weighted by atomic mass is 35.5. The normalized spacial score (nSPS) is 12.4. The Bertz CT molecular complexity index is 572. The fourth-order valence-corrected chi connectivity index (χ4v) is 3.35. The van der Waals surface area contributed by atoms with Crippen LogP contribution in [0, 0.1) is 0 Å². The SMILES string of the molecule is CCC(N)Cc1cc(Cl)cc(Cl)c1OCCc1ccsc1. The fraction of sp³-hybridized carbons (Fsp3) is 0.375. The van der Waals surface area contributed by atoms with Gasteiger partial charge >= 0.3 is 0 Å². The summed E-state index contributed by atoms with van der Waals surface area (Å²) in [4.78, 5) is 0. The van der Waals surface area contributed by atoms with E-state index in [4.69, 9.17) is 33.7 Å². The molecule has 1 aromatic carbocycles. The van der Waals surface area contributed by atoms with Gasteiger partial charge in [0, 0.05) is 17.5 Å². The van der Waals surface area contributed by atoms with Crippen molar-refractivity contribution in [3.63, 3.8) is 0 Å². The molecule has 1 atom stereocenters. The first-order valence-corrected chi connectivity index (χ1v) is 8.67. The summed E-state index contributed by atoms with van der Waals surface area (Å²) in [6, 6.07) is 5.79. The molecule has 2 rings (SSSR count). The van der Waals surface area contributed by atoms with Gasteiger partial charge in [0.25, 0.3) is 0 Å². The molecule has 0 fully saturated rings. The van der Waals surface area contributed by atoms with Crippen LogP contribution in [-0.2, 0) is 12.8 Å². The maximum Gasteiger partial charge on any atom is 0.141 e. The molecule has 2 N–H and O–H groups in total. The van der Waals surface area contributed by atoms with Crippen molar-refractivity contribution >= 4 is 34.5 Å². The number of halogens is 2. The van der Waals surface area contributed by atoms with Crippen LogP contribution in [0.5, 0.6) is 5.75 Å². The zero-order valence-electron chi connectivity index (χ0n) is 11.9. The van der Waals surface area contributed by atoms with Crippen LogP contribution in [0.25, 0.3) is 0 Å². The summed E-state index contributed by atoms with van der Waals surface area (Å²) in [5, 5.41) is 5.35. The third kappa shape index (κ3) is 4.89. The van der Waals surface area contributed by atoms with E-state index in [1.807, 2.05) is 6.07 Å². The molecular weight excluding hydrogens is 325 g/mol. The molecule has 1 unspecified atom stereocenters. The molecule has 0 bridgehead atoms. The van der Waals surface area contributed by atoms with Crippen LogP contribution in [0.3, 0.4) is 0 Å². The summed E-state index contributed by atoms with van der Waals surface area (Å²) in [7, 11) is 0. The maximum atomic E-state index is 6.27. The van der Waals surface area contributed by atoms with Crippen LogP contribution < -0.4 is 10.5 Å². The minimum absolute atomic E-state index is 0.0822. The summed E-state index contributed by atoms with van der Waals surface area (Å²) in [6.07, 6.45) is 2.48. The van der Waals surface area contributed by atoms with Gasteiger partial charge in [-0.05, 0) is 52.9 Å². The number of nitrogens with two attached hydrogens (primary N) is 1. The Kier molecular flexibility index (Phi) is 6.37. The Morgan fingerprint density at radius 1 is 1.33 bits per heavy atom. The van der Waals surface area contributed by atoms with E-state index >= 15 is 0 Å². The Morgan fingerprint density at radius 3 is 2.81 bits per heavy atom. The van der Waals surface area contributed by atoms with Crippen LogP contribution >= 0.6 is 34.5 Å². The van der Waals surface area contributed by atoms with Crippen LogP contribution in [0.2, 0.25) is 10.0 Å². The molecule has 0 amide bonds. The second kappa shape index (κ2) is 8.04. The topological polar surface area (TPSA) is 35.2 Å². The monoisotopic (exact) mass is 343 g/mol. The lowest BCUT2D eigenvalue weighted by molar-refractivity contribution is 0.318. The first kappa shape index (κ1) is 16.6. The summed E-state index contributed by atoms with van der Waals surface area (Å²) >= 11 is 14.0. The Balaban J connectivity index is 2.08. The summed E-state index contributed by atoms with van der Waals surface area (Å²) in [5.74, 6) is 0.709. The predicted octanol–water partition coefficient (Wildman–Crippen LogP) is 4.96. The van der Waals surface area contributed by atoms with E-state index in [1.165, 1.54) is 5.56 Å². The Hall–Kier alpha value is -0.740. The Morgan fingerprint density at radius 2 is 2.14 bits per heavy atom. The van der Waals surface area contributed by atoms with Crippen LogP contribution in [0.4, 0.5) is 0 Å². The minimum atomic E-state index is 0.0822. The molecule has 2 aromatic rings. The van der Waals surface area contributed by atoms with Crippen molar-refractivity contribution in [3.8, 4) is 5.75 Å². The van der Waals surface area contributed by atoms with Gasteiger partial charge in [0.15, 0.2) is 0 Å². The van der Waals surface area contributed by atoms with Gasteiger partial charge in [0.2, 0.25) is 0 Å². The van der Waals surface area contributed by atoms with Crippen molar-refractivity contribution in [1.29, 1.82) is 0 Å². The van der Waals surface area contributed by atoms with Gasteiger partial charge in [-0.3, -0.25) is 0 Å². The lowest BCUT2D eigenvalue weighted by atomic mass is 10.0. The van der Waals surface area contributed by atoms with E-state index in [0.29, 0.717) is 28.8 Å². The van der Waals surface area contributed by atoms with Crippen LogP contribution in [-0.4, -0.2) is 12.6 Å². The van der Waals surface area contributed by atoms with Crippen molar-refractivity contribution in [3.05, 3.63) is 50.1 Å². The first-order valence-electron chi connectivity index (χ1n) is 6.97. The van der Waals surface area contributed by atoms with Crippen molar-refractivity contribution < 1.29 is 4.74 Å². The van der Waals surface area contributed by atoms with Gasteiger partial charge in [-0.2, -0.15) is 11.3 Å². The zero-order valence-corrected chi connectivity index (χ0v) is 14.3. The molecule has 2 nitrogen and oxygen atoms in total. The first-order chi connectivity index (χ1) is 10.1. The van der Waals surface area contributed by atoms with Gasteiger partial charge in [-0.15, -0.1) is 0 Å². The molecular formula is C16H19Cl2NOS. The van der Waals surface area contributed by atoms with E-state index in [0.717, 1.165) is 18.4 Å². The van der Waals surface area contributed by atoms with Crippen molar-refractivity contribution in [2.75, 3.05) is 6.61 Å². The largest absolute Gasteiger partial charge is 0.491 e. The number of ether oxygens (including phenoxy) is 1. The van der Waals surface area contributed by atoms with E-state index < -0.39 is 0 Å². The van der Waals surface area contributed by atoms with Gasteiger partial charge in [-0.1, -0.05) is 30.1 Å². The molecule has 0 aliphatic rings. The van der Waals surface area contributed by atoms with Crippen LogP contribution in [0.1, 0.15) is 24.5 Å². The van der Waals surface area contributed by atoms with Crippen molar-refractivity contribution in [2.45, 2.75) is 32.2 Å². The highest BCUT2D eigenvalue weighted by molar-refractivity contribution is 7.07. The third-order valence-electron chi connectivity index (χ3n) is 3.31. The van der Waals surface area contributed by atoms with Crippen molar-refractivity contribution in [1.82, 2.24) is 0 Å². The smallest absolute Gasteiger partial charge is 0.141 e. The van der Waals surface area contributed by atoms with Crippen LogP contribution in [0.15, 0.2) is 29.0 Å². The molecule has 0 saturated carbocycles. The van der Waals surface area contributed by atoms with E-state index in [2.05, 4.69) is 23.8 Å². The molecule has 5 heteroatoms. The summed E-state index contributed by atoms with van der Waals surface area (Å²) < 4.78 is 5.90. The fourth-order valence-electron chi connectivity index (χ4n) is 2.06. The van der Waals surface area contributed by atoms with E-state index in [-0.39, 0.29) is 6.04 Å². The average Bonchev–Trinajstić information content (AvgIpc) is 2.94. The molecule has 0 spiro atoms. The molecule has 0 aliphatic carbocycles. The number of hydrogen-bond donors (Lipinski definition) is 1. The number of benzene rings is 1. The third-order valence-corrected chi connectivity index (χ3v) is 4.54. The van der Waals surface area contributed by atoms with Crippen molar-refractivity contribution in [2.24, 2.45) is 5.73 Å². The molecule has 0 saturated heterocycles. The molecule has 1 heterocycles. The van der Waals surface area contributed by atoms with Gasteiger partial charge in [-0.25, -0.2) is 0 Å². The molecule has 0 aliphatic heterocycles. The maximum absolute atomic E-state index is 6.27. The quantitative estimate of drug-likeness (QED) is 0.771. The molecule has 1 aromatic heterocycles. The highest BCUT2D eigenvalue weighted by Crippen LogP contribution is 2.33. The number of rotatable bonds is 7. The van der Waals surface area contributed by atoms with E-state index in [9.17, 15) is 0 Å². The molecule has 114 valence electrons. The van der Waals surface area contributed by atoms with Gasteiger partial charge in [0.05, 0.1) is 11.6 Å². The van der Waals surface area contributed by atoms with Gasteiger partial charge in [0.1, 0.15) is 5.75 Å². The second-order valence-electron chi connectivity index (χ2n) is 4.98. The molecule has 21 heavy (non-hydrogen) atoms. The minimum Gasteiger partial charge on any atom is -0.491 e. The molecule has 0 radical (unpaired) electrons. The standard InChI is InChI=1S/C16H19Cl2NOS/c1-2-14(19)8-12-7-13(17)9-15(18)16(12)20-5-3-11-4-6-21-10-11/h4,6-7,9-10,14H,2-3,5,8,19H2,1H3.